The zero-order chi connectivity index (χ0) is 30.4. The molecule has 3 aromatic heterocycles. The molecule has 0 aliphatic carbocycles. The molecule has 9 nitrogen and oxygen atoms in total. The van der Waals surface area contributed by atoms with Gasteiger partial charge in [-0.05, 0) is 60.5 Å². The number of aryl methyl sites for hydroxylation is 1. The van der Waals surface area contributed by atoms with Gasteiger partial charge in [-0.15, -0.1) is 0 Å². The Morgan fingerprint density at radius 2 is 1.60 bits per heavy atom. The van der Waals surface area contributed by atoms with Crippen LogP contribution in [0.2, 0.25) is 0 Å². The lowest BCUT2D eigenvalue weighted by molar-refractivity contribution is 0.588. The van der Waals surface area contributed by atoms with Crippen molar-refractivity contribution in [3.05, 3.63) is 121 Å². The van der Waals surface area contributed by atoms with Crippen molar-refractivity contribution in [1.82, 2.24) is 18.7 Å². The Morgan fingerprint density at radius 3 is 2.35 bits per heavy atom. The van der Waals surface area contributed by atoms with Crippen LogP contribution in [-0.4, -0.2) is 41.8 Å². The van der Waals surface area contributed by atoms with Crippen LogP contribution in [0.4, 0.5) is 10.1 Å². The van der Waals surface area contributed by atoms with Gasteiger partial charge in [0.25, 0.3) is 10.0 Å². The van der Waals surface area contributed by atoms with Gasteiger partial charge >= 0.3 is 0 Å². The van der Waals surface area contributed by atoms with Crippen LogP contribution < -0.4 is 4.72 Å². The van der Waals surface area contributed by atoms with E-state index in [0.29, 0.717) is 39.9 Å². The number of pyridine rings is 1. The number of rotatable bonds is 8. The smallest absolute Gasteiger partial charge is 0.269 e. The lowest BCUT2D eigenvalue weighted by Gasteiger charge is -2.09. The lowest BCUT2D eigenvalue weighted by atomic mass is 10.0. The third kappa shape index (κ3) is 5.92. The van der Waals surface area contributed by atoms with E-state index >= 15 is 0 Å². The second-order valence-electron chi connectivity index (χ2n) is 10.3. The molecule has 0 spiro atoms. The summed E-state index contributed by atoms with van der Waals surface area (Å²) in [5.41, 5.74) is 4.83. The molecular weight excluding hydrogens is 590 g/mol. The number of halogens is 1. The number of sulfonamides is 1. The predicted octanol–water partition coefficient (Wildman–Crippen LogP) is 5.67. The number of fused-ring (bicyclic) bond motifs is 1. The van der Waals surface area contributed by atoms with Crippen LogP contribution in [0.3, 0.4) is 0 Å². The molecule has 6 rings (SSSR count). The van der Waals surface area contributed by atoms with E-state index in [4.69, 9.17) is 0 Å². The number of anilines is 1. The molecule has 0 radical (unpaired) electrons. The number of hydrogen-bond acceptors (Lipinski definition) is 6. The molecule has 43 heavy (non-hydrogen) atoms. The molecule has 6 aromatic rings. The first kappa shape index (κ1) is 28.3. The fraction of sp³-hybridized carbons (Fsp3) is 0.0968. The van der Waals surface area contributed by atoms with E-state index in [9.17, 15) is 21.2 Å². The average Bonchev–Trinajstić information content (AvgIpc) is 3.57. The van der Waals surface area contributed by atoms with Crippen LogP contribution in [-0.2, 0) is 26.6 Å². The predicted molar refractivity (Wildman–Crippen MR) is 164 cm³/mol. The summed E-state index contributed by atoms with van der Waals surface area (Å²) in [6, 6.07) is 21.5. The van der Waals surface area contributed by atoms with Gasteiger partial charge in [-0.25, -0.2) is 30.2 Å². The highest BCUT2D eigenvalue weighted by atomic mass is 32.2. The van der Waals surface area contributed by atoms with Crippen molar-refractivity contribution in [3.63, 3.8) is 0 Å². The van der Waals surface area contributed by atoms with Crippen LogP contribution >= 0.6 is 0 Å². The van der Waals surface area contributed by atoms with Crippen molar-refractivity contribution >= 4 is 36.8 Å². The summed E-state index contributed by atoms with van der Waals surface area (Å²) < 4.78 is 70.2. The van der Waals surface area contributed by atoms with Crippen LogP contribution in [0.1, 0.15) is 11.1 Å². The Bertz CT molecular complexity index is 2210. The van der Waals surface area contributed by atoms with E-state index in [1.165, 1.54) is 18.3 Å². The van der Waals surface area contributed by atoms with Crippen molar-refractivity contribution < 1.29 is 21.2 Å². The number of nitrogens with one attached hydrogen (secondary N) is 1. The minimum atomic E-state index is -4.01. The van der Waals surface area contributed by atoms with Gasteiger partial charge in [-0.3, -0.25) is 9.40 Å². The normalized spacial score (nSPS) is 12.1. The molecule has 0 aliphatic rings. The van der Waals surface area contributed by atoms with Gasteiger partial charge in [0.15, 0.2) is 5.65 Å². The van der Waals surface area contributed by atoms with Gasteiger partial charge in [0, 0.05) is 46.4 Å². The van der Waals surface area contributed by atoms with Gasteiger partial charge in [0.1, 0.15) is 5.82 Å². The van der Waals surface area contributed by atoms with Crippen molar-refractivity contribution in [2.45, 2.75) is 18.4 Å². The largest absolute Gasteiger partial charge is 0.284 e. The molecule has 3 aromatic carbocycles. The van der Waals surface area contributed by atoms with E-state index in [0.717, 1.165) is 21.4 Å². The Balaban J connectivity index is 1.49. The summed E-state index contributed by atoms with van der Waals surface area (Å²) in [6.07, 6.45) is 7.55. The Hall–Kier alpha value is -4.81. The van der Waals surface area contributed by atoms with E-state index in [-0.39, 0.29) is 16.4 Å². The summed E-state index contributed by atoms with van der Waals surface area (Å²) in [6.45, 7) is 2.20. The van der Waals surface area contributed by atoms with Crippen LogP contribution in [0.5, 0.6) is 0 Å². The second-order valence-corrected chi connectivity index (χ2v) is 13.8. The number of nitrogens with zero attached hydrogens (tertiary/aromatic N) is 4. The average molecular weight is 616 g/mol. The zero-order valence-electron chi connectivity index (χ0n) is 23.1. The molecule has 0 amide bonds. The zero-order valence-corrected chi connectivity index (χ0v) is 24.8. The molecular formula is C31H26FN5O4S2. The monoisotopic (exact) mass is 615 g/mol. The molecule has 0 atom stereocenters. The van der Waals surface area contributed by atoms with Crippen molar-refractivity contribution in [2.75, 3.05) is 11.0 Å². The summed E-state index contributed by atoms with van der Waals surface area (Å²) >= 11 is 0. The summed E-state index contributed by atoms with van der Waals surface area (Å²) in [5.74, 6) is -0.344. The molecule has 218 valence electrons. The molecule has 0 saturated heterocycles. The van der Waals surface area contributed by atoms with Crippen LogP contribution in [0.25, 0.3) is 33.3 Å². The number of aromatic nitrogens is 4. The molecule has 0 fully saturated rings. The summed E-state index contributed by atoms with van der Waals surface area (Å²) in [4.78, 5) is 4.70. The van der Waals surface area contributed by atoms with Gasteiger partial charge in [-0.1, -0.05) is 42.0 Å². The topological polar surface area (TPSA) is 116 Å². The molecule has 0 saturated carbocycles. The number of hydrogen-bond donors (Lipinski definition) is 1. The fourth-order valence-corrected chi connectivity index (χ4v) is 6.74. The van der Waals surface area contributed by atoms with Crippen molar-refractivity contribution in [1.29, 1.82) is 0 Å². The standard InChI is InChI=1S/C31H26FN5O4S2/c1-21-9-11-28(12-10-21)43(40,41)37-20-30(25-17-34-36(19-25)18-22-5-3-7-26(32)13-22)29-15-24(16-33-31(29)37)23-6-4-8-27(14-23)35-42(2,38)39/h3-17,19-20,35H,18H2,1-2H3. The molecule has 1 N–H and O–H groups in total. The maximum absolute atomic E-state index is 13.8. The molecule has 12 heteroatoms. The maximum atomic E-state index is 13.8. The third-order valence-electron chi connectivity index (χ3n) is 6.87. The van der Waals surface area contributed by atoms with E-state index in [2.05, 4.69) is 14.8 Å². The first-order valence-corrected chi connectivity index (χ1v) is 16.5. The van der Waals surface area contributed by atoms with Gasteiger partial charge in [0.05, 0.1) is 23.9 Å². The summed E-state index contributed by atoms with van der Waals surface area (Å²) in [5, 5.41) is 5.00. The molecule has 0 aliphatic heterocycles. The maximum Gasteiger partial charge on any atom is 0.269 e. The van der Waals surface area contributed by atoms with E-state index in [1.54, 1.807) is 77.9 Å². The van der Waals surface area contributed by atoms with Gasteiger partial charge in [-0.2, -0.15) is 5.10 Å². The Kier molecular flexibility index (Phi) is 7.10. The molecule has 0 unspecified atom stereocenters. The Morgan fingerprint density at radius 1 is 0.837 bits per heavy atom. The summed E-state index contributed by atoms with van der Waals surface area (Å²) in [7, 11) is -7.50. The van der Waals surface area contributed by atoms with Gasteiger partial charge in [0.2, 0.25) is 10.0 Å². The highest BCUT2D eigenvalue weighted by Crippen LogP contribution is 2.35. The highest BCUT2D eigenvalue weighted by molar-refractivity contribution is 7.92. The molecule has 0 bridgehead atoms. The van der Waals surface area contributed by atoms with E-state index < -0.39 is 20.0 Å². The number of benzene rings is 3. The molecule has 3 heterocycles. The first-order valence-electron chi connectivity index (χ1n) is 13.2. The minimum absolute atomic E-state index is 0.119. The quantitative estimate of drug-likeness (QED) is 0.236. The Labute approximate surface area is 248 Å². The van der Waals surface area contributed by atoms with Crippen molar-refractivity contribution in [3.8, 4) is 22.3 Å². The lowest BCUT2D eigenvalue weighted by Crippen LogP contribution is -2.12. The fourth-order valence-electron chi connectivity index (χ4n) is 4.86. The van der Waals surface area contributed by atoms with Gasteiger partial charge < -0.3 is 0 Å². The minimum Gasteiger partial charge on any atom is -0.284 e. The van der Waals surface area contributed by atoms with E-state index in [1.807, 2.05) is 19.1 Å². The highest BCUT2D eigenvalue weighted by Gasteiger charge is 2.24. The second kappa shape index (κ2) is 10.8. The first-order chi connectivity index (χ1) is 20.5. The van der Waals surface area contributed by atoms with Crippen LogP contribution in [0.15, 0.2) is 109 Å². The van der Waals surface area contributed by atoms with Crippen LogP contribution in [0, 0.1) is 12.7 Å². The SMILES string of the molecule is Cc1ccc(S(=O)(=O)n2cc(-c3cnn(Cc4cccc(F)c4)c3)c3cc(-c4cccc(NS(C)(=O)=O)c4)cnc32)cc1. The van der Waals surface area contributed by atoms with Crippen molar-refractivity contribution in [2.24, 2.45) is 0 Å². The third-order valence-corrected chi connectivity index (χ3v) is 9.14.